The maximum atomic E-state index is 11.2. The first-order chi connectivity index (χ1) is 6.74. The molecule has 0 radical (unpaired) electrons. The maximum Gasteiger partial charge on any atom is 0.290 e. The zero-order valence-corrected chi connectivity index (χ0v) is 8.29. The quantitative estimate of drug-likeness (QED) is 0.626. The molecule has 5 nitrogen and oxygen atoms in total. The van der Waals surface area contributed by atoms with Crippen LogP contribution in [0.25, 0.3) is 0 Å². The molecule has 1 rings (SSSR count). The minimum absolute atomic E-state index is 0.188. The first-order valence-electron chi connectivity index (χ1n) is 4.71. The fourth-order valence-corrected chi connectivity index (χ4v) is 1.14. The van der Waals surface area contributed by atoms with Crippen molar-refractivity contribution in [2.75, 3.05) is 18.4 Å². The molecule has 1 atom stereocenters. The molecule has 0 saturated carbocycles. The van der Waals surface area contributed by atoms with Gasteiger partial charge in [-0.3, -0.25) is 4.79 Å². The van der Waals surface area contributed by atoms with Crippen LogP contribution in [0.4, 0.5) is 5.82 Å². The molecule has 0 amide bonds. The van der Waals surface area contributed by atoms with Gasteiger partial charge in [0.15, 0.2) is 5.82 Å². The second kappa shape index (κ2) is 5.39. The molecule has 0 aromatic carbocycles. The van der Waals surface area contributed by atoms with Crippen LogP contribution < -0.4 is 16.6 Å². The first-order valence-corrected chi connectivity index (χ1v) is 4.71. The van der Waals surface area contributed by atoms with Crippen LogP contribution >= 0.6 is 0 Å². The summed E-state index contributed by atoms with van der Waals surface area (Å²) in [6, 6.07) is 0. The number of aromatic nitrogens is 2. The van der Waals surface area contributed by atoms with Gasteiger partial charge >= 0.3 is 0 Å². The van der Waals surface area contributed by atoms with Crippen LogP contribution in [0.15, 0.2) is 17.2 Å². The SMILES string of the molecule is CC(CCN)CNc1ncc[nH]c1=O. The zero-order chi connectivity index (χ0) is 10.4. The van der Waals surface area contributed by atoms with Crippen LogP contribution in [0.2, 0.25) is 0 Å². The van der Waals surface area contributed by atoms with Crippen LogP contribution in [-0.2, 0) is 0 Å². The van der Waals surface area contributed by atoms with E-state index in [9.17, 15) is 4.79 Å². The molecule has 1 heterocycles. The number of rotatable bonds is 5. The van der Waals surface area contributed by atoms with Gasteiger partial charge in [0.1, 0.15) is 0 Å². The maximum absolute atomic E-state index is 11.2. The summed E-state index contributed by atoms with van der Waals surface area (Å²) in [5.74, 6) is 0.817. The van der Waals surface area contributed by atoms with Crippen molar-refractivity contribution in [1.82, 2.24) is 9.97 Å². The Balaban J connectivity index is 2.46. The lowest BCUT2D eigenvalue weighted by molar-refractivity contribution is 0.567. The van der Waals surface area contributed by atoms with Gasteiger partial charge in [-0.1, -0.05) is 6.92 Å². The topological polar surface area (TPSA) is 83.8 Å². The summed E-state index contributed by atoms with van der Waals surface area (Å²) in [5.41, 5.74) is 5.23. The van der Waals surface area contributed by atoms with Crippen LogP contribution in [0.1, 0.15) is 13.3 Å². The summed E-state index contributed by atoms with van der Waals surface area (Å²) in [7, 11) is 0. The van der Waals surface area contributed by atoms with E-state index in [0.717, 1.165) is 13.0 Å². The Bertz CT molecular complexity index is 323. The highest BCUT2D eigenvalue weighted by Crippen LogP contribution is 2.00. The third-order valence-electron chi connectivity index (χ3n) is 1.99. The number of nitrogens with zero attached hydrogens (tertiary/aromatic N) is 1. The van der Waals surface area contributed by atoms with Gasteiger partial charge in [0.05, 0.1) is 0 Å². The number of hydrogen-bond donors (Lipinski definition) is 3. The average Bonchev–Trinajstić information content (AvgIpc) is 2.17. The third-order valence-corrected chi connectivity index (χ3v) is 1.99. The van der Waals surface area contributed by atoms with Crippen molar-refractivity contribution in [2.24, 2.45) is 11.7 Å². The van der Waals surface area contributed by atoms with Crippen molar-refractivity contribution in [3.05, 3.63) is 22.7 Å². The highest BCUT2D eigenvalue weighted by Gasteiger charge is 2.03. The third kappa shape index (κ3) is 3.18. The largest absolute Gasteiger partial charge is 0.365 e. The van der Waals surface area contributed by atoms with Crippen LogP contribution in [-0.4, -0.2) is 23.1 Å². The van der Waals surface area contributed by atoms with Gasteiger partial charge in [-0.05, 0) is 18.9 Å². The second-order valence-corrected chi connectivity index (χ2v) is 3.33. The summed E-state index contributed by atoms with van der Waals surface area (Å²) in [4.78, 5) is 17.7. The molecule has 1 aromatic heterocycles. The lowest BCUT2D eigenvalue weighted by Gasteiger charge is -2.10. The Labute approximate surface area is 82.7 Å². The molecule has 1 unspecified atom stereocenters. The molecular formula is C9H16N4O. The van der Waals surface area contributed by atoms with E-state index in [2.05, 4.69) is 22.2 Å². The molecule has 0 fully saturated rings. The van der Waals surface area contributed by atoms with E-state index in [1.807, 2.05) is 0 Å². The second-order valence-electron chi connectivity index (χ2n) is 3.33. The van der Waals surface area contributed by atoms with Crippen molar-refractivity contribution >= 4 is 5.82 Å². The predicted molar refractivity (Wildman–Crippen MR) is 56.2 cm³/mol. The van der Waals surface area contributed by atoms with Crippen LogP contribution in [0.5, 0.6) is 0 Å². The molecule has 0 aliphatic carbocycles. The monoisotopic (exact) mass is 196 g/mol. The summed E-state index contributed by atoms with van der Waals surface area (Å²) in [6.45, 7) is 3.47. The van der Waals surface area contributed by atoms with Crippen molar-refractivity contribution in [2.45, 2.75) is 13.3 Å². The number of anilines is 1. The van der Waals surface area contributed by atoms with Gasteiger partial charge in [0.2, 0.25) is 0 Å². The average molecular weight is 196 g/mol. The van der Waals surface area contributed by atoms with Gasteiger partial charge in [0, 0.05) is 18.9 Å². The molecule has 14 heavy (non-hydrogen) atoms. The Kier molecular flexibility index (Phi) is 4.12. The molecule has 0 saturated heterocycles. The standard InChI is InChI=1S/C9H16N4O/c1-7(2-3-10)6-13-8-9(14)12-5-4-11-8/h4-5,7H,2-3,6,10H2,1H3,(H,11,13)(H,12,14). The summed E-state index contributed by atoms with van der Waals surface area (Å²) >= 11 is 0. The van der Waals surface area contributed by atoms with E-state index in [0.29, 0.717) is 18.3 Å². The van der Waals surface area contributed by atoms with E-state index in [1.165, 1.54) is 6.20 Å². The summed E-state index contributed by atoms with van der Waals surface area (Å²) in [6.07, 6.45) is 4.01. The predicted octanol–water partition coefficient (Wildman–Crippen LogP) is 0.167. The Morgan fingerprint density at radius 2 is 2.50 bits per heavy atom. The van der Waals surface area contributed by atoms with Crippen LogP contribution in [0, 0.1) is 5.92 Å². The summed E-state index contributed by atoms with van der Waals surface area (Å²) in [5, 5.41) is 2.99. The highest BCUT2D eigenvalue weighted by atomic mass is 16.1. The van der Waals surface area contributed by atoms with Gasteiger partial charge in [0.25, 0.3) is 5.56 Å². The Morgan fingerprint density at radius 1 is 1.71 bits per heavy atom. The number of nitrogens with one attached hydrogen (secondary N) is 2. The molecule has 0 bridgehead atoms. The molecule has 4 N–H and O–H groups in total. The molecule has 0 aliphatic heterocycles. The smallest absolute Gasteiger partial charge is 0.290 e. The Hall–Kier alpha value is -1.36. The fourth-order valence-electron chi connectivity index (χ4n) is 1.14. The van der Waals surface area contributed by atoms with Gasteiger partial charge < -0.3 is 16.0 Å². The lowest BCUT2D eigenvalue weighted by atomic mass is 10.1. The van der Waals surface area contributed by atoms with Gasteiger partial charge in [-0.25, -0.2) is 4.98 Å². The number of H-pyrrole nitrogens is 1. The van der Waals surface area contributed by atoms with Crippen molar-refractivity contribution in [3.63, 3.8) is 0 Å². The van der Waals surface area contributed by atoms with Gasteiger partial charge in [-0.15, -0.1) is 0 Å². The zero-order valence-electron chi connectivity index (χ0n) is 8.29. The van der Waals surface area contributed by atoms with E-state index in [1.54, 1.807) is 6.20 Å². The molecule has 5 heteroatoms. The normalized spacial score (nSPS) is 12.4. The number of nitrogens with two attached hydrogens (primary N) is 1. The molecular weight excluding hydrogens is 180 g/mol. The number of aromatic amines is 1. The first kappa shape index (κ1) is 10.7. The molecule has 1 aromatic rings. The highest BCUT2D eigenvalue weighted by molar-refractivity contribution is 5.29. The van der Waals surface area contributed by atoms with E-state index in [4.69, 9.17) is 5.73 Å². The fraction of sp³-hybridized carbons (Fsp3) is 0.556. The van der Waals surface area contributed by atoms with E-state index in [-0.39, 0.29) is 5.56 Å². The number of hydrogen-bond acceptors (Lipinski definition) is 4. The minimum atomic E-state index is -0.188. The van der Waals surface area contributed by atoms with Crippen molar-refractivity contribution in [3.8, 4) is 0 Å². The van der Waals surface area contributed by atoms with E-state index < -0.39 is 0 Å². The van der Waals surface area contributed by atoms with Crippen molar-refractivity contribution in [1.29, 1.82) is 0 Å². The minimum Gasteiger partial charge on any atom is -0.365 e. The van der Waals surface area contributed by atoms with Gasteiger partial charge in [-0.2, -0.15) is 0 Å². The molecule has 0 spiro atoms. The molecule has 78 valence electrons. The lowest BCUT2D eigenvalue weighted by Crippen LogP contribution is -2.21. The summed E-state index contributed by atoms with van der Waals surface area (Å²) < 4.78 is 0. The van der Waals surface area contributed by atoms with Crippen molar-refractivity contribution < 1.29 is 0 Å². The van der Waals surface area contributed by atoms with Crippen LogP contribution in [0.3, 0.4) is 0 Å². The molecule has 0 aliphatic rings. The van der Waals surface area contributed by atoms with E-state index >= 15 is 0 Å². The Morgan fingerprint density at radius 3 is 3.14 bits per heavy atom.